The number of ether oxygens (including phenoxy) is 1. The summed E-state index contributed by atoms with van der Waals surface area (Å²) in [6.45, 7) is 2.40. The summed E-state index contributed by atoms with van der Waals surface area (Å²) in [6, 6.07) is 1.91. The van der Waals surface area contributed by atoms with Gasteiger partial charge in [0.05, 0.1) is 6.61 Å². The number of nitrogens with zero attached hydrogens (tertiary/aromatic N) is 3. The molecule has 0 aromatic heterocycles. The molecule has 1 atom stereocenters. The molecule has 1 aromatic carbocycles. The van der Waals surface area contributed by atoms with Crippen LogP contribution in [0.1, 0.15) is 24.9 Å². The summed E-state index contributed by atoms with van der Waals surface area (Å²) in [5.74, 6) is -2.16. The van der Waals surface area contributed by atoms with Crippen LogP contribution >= 0.6 is 0 Å². The van der Waals surface area contributed by atoms with Gasteiger partial charge in [0.15, 0.2) is 0 Å². The van der Waals surface area contributed by atoms with Crippen molar-refractivity contribution in [1.29, 1.82) is 0 Å². The lowest BCUT2D eigenvalue weighted by atomic mass is 10.1. The van der Waals surface area contributed by atoms with Gasteiger partial charge < -0.3 is 10.1 Å². The fourth-order valence-electron chi connectivity index (χ4n) is 1.75. The van der Waals surface area contributed by atoms with E-state index in [1.165, 1.54) is 0 Å². The number of hydrogen-bond donors (Lipinski definition) is 1. The molecule has 0 saturated carbocycles. The Labute approximate surface area is 120 Å². The van der Waals surface area contributed by atoms with Crippen molar-refractivity contribution < 1.29 is 18.3 Å². The van der Waals surface area contributed by atoms with Crippen molar-refractivity contribution in [2.24, 2.45) is 5.11 Å². The van der Waals surface area contributed by atoms with Crippen molar-refractivity contribution in [2.45, 2.75) is 19.4 Å². The number of azide groups is 1. The lowest BCUT2D eigenvalue weighted by Crippen LogP contribution is -2.31. The second kappa shape index (κ2) is 8.89. The number of carbonyl (C=O) groups is 1. The number of esters is 1. The Morgan fingerprint density at radius 2 is 2.10 bits per heavy atom. The molecule has 8 heteroatoms. The summed E-state index contributed by atoms with van der Waals surface area (Å²) in [6.07, 6.45) is 0.484. The van der Waals surface area contributed by atoms with Gasteiger partial charge in [0, 0.05) is 17.5 Å². The van der Waals surface area contributed by atoms with Crippen LogP contribution in [-0.2, 0) is 9.53 Å². The molecular formula is C13H16F2N4O2. The van der Waals surface area contributed by atoms with E-state index in [-0.39, 0.29) is 18.7 Å². The van der Waals surface area contributed by atoms with E-state index < -0.39 is 23.6 Å². The van der Waals surface area contributed by atoms with Crippen LogP contribution in [0.15, 0.2) is 23.3 Å². The van der Waals surface area contributed by atoms with Gasteiger partial charge in [-0.1, -0.05) is 5.11 Å². The summed E-state index contributed by atoms with van der Waals surface area (Å²) < 4.78 is 31.4. The van der Waals surface area contributed by atoms with Gasteiger partial charge in [0.2, 0.25) is 0 Å². The second-order valence-corrected chi connectivity index (χ2v) is 4.15. The van der Waals surface area contributed by atoms with E-state index >= 15 is 0 Å². The molecule has 0 aliphatic heterocycles. The smallest absolute Gasteiger partial charge is 0.327 e. The average Bonchev–Trinajstić information content (AvgIpc) is 2.41. The van der Waals surface area contributed by atoms with Gasteiger partial charge in [0.25, 0.3) is 0 Å². The third-order valence-corrected chi connectivity index (χ3v) is 2.59. The highest BCUT2D eigenvalue weighted by Gasteiger charge is 2.22. The average molecular weight is 298 g/mol. The monoisotopic (exact) mass is 298 g/mol. The number of carbonyl (C=O) groups excluding carboxylic acids is 1. The zero-order valence-corrected chi connectivity index (χ0v) is 11.6. The predicted molar refractivity (Wildman–Crippen MR) is 72.4 cm³/mol. The minimum absolute atomic E-state index is 0.148. The molecule has 1 N–H and O–H groups in total. The van der Waals surface area contributed by atoms with Crippen molar-refractivity contribution in [3.05, 3.63) is 45.8 Å². The Hall–Kier alpha value is -2.18. The van der Waals surface area contributed by atoms with Gasteiger partial charge in [0.1, 0.15) is 17.7 Å². The van der Waals surface area contributed by atoms with Crippen LogP contribution in [-0.4, -0.2) is 25.7 Å². The van der Waals surface area contributed by atoms with Crippen LogP contribution in [0, 0.1) is 11.6 Å². The maximum atomic E-state index is 13.3. The first-order valence-electron chi connectivity index (χ1n) is 6.45. The molecule has 114 valence electrons. The number of hydrogen-bond acceptors (Lipinski definition) is 4. The molecule has 1 aromatic rings. The Balaban J connectivity index is 2.80. The van der Waals surface area contributed by atoms with Crippen molar-refractivity contribution in [2.75, 3.05) is 19.7 Å². The predicted octanol–water partition coefficient (Wildman–Crippen LogP) is 2.86. The lowest BCUT2D eigenvalue weighted by Gasteiger charge is -2.17. The Bertz CT molecular complexity index is 513. The van der Waals surface area contributed by atoms with Crippen molar-refractivity contribution in [1.82, 2.24) is 5.32 Å². The summed E-state index contributed by atoms with van der Waals surface area (Å²) in [4.78, 5) is 14.5. The number of benzene rings is 1. The summed E-state index contributed by atoms with van der Waals surface area (Å²) >= 11 is 0. The van der Waals surface area contributed by atoms with Gasteiger partial charge in [-0.25, -0.2) is 13.6 Å². The molecule has 0 aliphatic carbocycles. The van der Waals surface area contributed by atoms with Crippen molar-refractivity contribution in [3.8, 4) is 0 Å². The molecule has 1 unspecified atom stereocenters. The van der Waals surface area contributed by atoms with E-state index in [9.17, 15) is 13.6 Å². The third kappa shape index (κ3) is 5.76. The molecule has 6 nitrogen and oxygen atoms in total. The van der Waals surface area contributed by atoms with Crippen molar-refractivity contribution in [3.63, 3.8) is 0 Å². The fourth-order valence-corrected chi connectivity index (χ4v) is 1.75. The van der Waals surface area contributed by atoms with E-state index in [1.54, 1.807) is 6.92 Å². The highest BCUT2D eigenvalue weighted by molar-refractivity contribution is 5.77. The standard InChI is InChI=1S/C13H16F2N4O2/c1-2-21-13(20)12(17-4-3-5-18-19-16)9-6-10(14)8-11(15)7-9/h6-8,12,17H,2-5H2,1H3. The Morgan fingerprint density at radius 3 is 2.67 bits per heavy atom. The first-order valence-corrected chi connectivity index (χ1v) is 6.45. The quantitative estimate of drug-likeness (QED) is 0.263. The van der Waals surface area contributed by atoms with Crippen LogP contribution in [0.3, 0.4) is 0 Å². The minimum atomic E-state index is -0.971. The Kier molecular flexibility index (Phi) is 7.14. The summed E-state index contributed by atoms with van der Waals surface area (Å²) in [5.41, 5.74) is 8.30. The van der Waals surface area contributed by atoms with Gasteiger partial charge in [-0.05, 0) is 43.1 Å². The molecule has 21 heavy (non-hydrogen) atoms. The van der Waals surface area contributed by atoms with Gasteiger partial charge in [-0.3, -0.25) is 0 Å². The molecule has 0 radical (unpaired) electrons. The lowest BCUT2D eigenvalue weighted by molar-refractivity contribution is -0.145. The number of halogens is 2. The SMILES string of the molecule is CCOC(=O)C(NCCCN=[N+]=[N-])c1cc(F)cc(F)c1. The van der Waals surface area contributed by atoms with Crippen LogP contribution in [0.5, 0.6) is 0 Å². The van der Waals surface area contributed by atoms with Gasteiger partial charge >= 0.3 is 5.97 Å². The molecular weight excluding hydrogens is 282 g/mol. The maximum Gasteiger partial charge on any atom is 0.327 e. The minimum Gasteiger partial charge on any atom is -0.465 e. The molecule has 0 bridgehead atoms. The molecule has 0 spiro atoms. The number of rotatable bonds is 8. The molecule has 1 rings (SSSR count). The largest absolute Gasteiger partial charge is 0.465 e. The molecule has 0 fully saturated rings. The number of nitrogens with one attached hydrogen (secondary N) is 1. The highest BCUT2D eigenvalue weighted by Crippen LogP contribution is 2.18. The first-order chi connectivity index (χ1) is 10.1. The normalized spacial score (nSPS) is 11.6. The van der Waals surface area contributed by atoms with Crippen LogP contribution < -0.4 is 5.32 Å². The molecule has 0 amide bonds. The first kappa shape index (κ1) is 16.9. The fraction of sp³-hybridized carbons (Fsp3) is 0.462. The Morgan fingerprint density at radius 1 is 1.43 bits per heavy atom. The van der Waals surface area contributed by atoms with Crippen LogP contribution in [0.4, 0.5) is 8.78 Å². The van der Waals surface area contributed by atoms with E-state index in [1.807, 2.05) is 0 Å². The summed E-state index contributed by atoms with van der Waals surface area (Å²) in [5, 5.41) is 6.20. The topological polar surface area (TPSA) is 87.1 Å². The zero-order valence-electron chi connectivity index (χ0n) is 11.6. The van der Waals surface area contributed by atoms with Crippen molar-refractivity contribution >= 4 is 5.97 Å². The molecule has 0 heterocycles. The maximum absolute atomic E-state index is 13.3. The van der Waals surface area contributed by atoms with E-state index in [0.717, 1.165) is 18.2 Å². The van der Waals surface area contributed by atoms with Gasteiger partial charge in [-0.2, -0.15) is 0 Å². The van der Waals surface area contributed by atoms with Crippen LogP contribution in [0.25, 0.3) is 10.4 Å². The second-order valence-electron chi connectivity index (χ2n) is 4.15. The van der Waals surface area contributed by atoms with E-state index in [2.05, 4.69) is 15.3 Å². The zero-order chi connectivity index (χ0) is 15.7. The third-order valence-electron chi connectivity index (χ3n) is 2.59. The molecule has 0 saturated heterocycles. The van der Waals surface area contributed by atoms with Gasteiger partial charge in [-0.15, -0.1) is 0 Å². The van der Waals surface area contributed by atoms with Crippen LogP contribution in [0.2, 0.25) is 0 Å². The highest BCUT2D eigenvalue weighted by atomic mass is 19.1. The van der Waals surface area contributed by atoms with E-state index in [0.29, 0.717) is 13.0 Å². The molecule has 0 aliphatic rings. The van der Waals surface area contributed by atoms with E-state index in [4.69, 9.17) is 10.3 Å². The summed E-state index contributed by atoms with van der Waals surface area (Å²) in [7, 11) is 0.